The van der Waals surface area contributed by atoms with Crippen LogP contribution in [-0.2, 0) is 0 Å². The molecule has 0 nitrogen and oxygen atoms in total. The fraction of sp³-hybridized carbons (Fsp3) is 0.500. The molecule has 0 aromatic carbocycles. The first-order chi connectivity index (χ1) is 3.80. The van der Waals surface area contributed by atoms with Gasteiger partial charge in [-0.15, -0.1) is 12.8 Å². The van der Waals surface area contributed by atoms with Gasteiger partial charge < -0.3 is 24.3 Å². The molecule has 1 fully saturated rings. The van der Waals surface area contributed by atoms with E-state index >= 15 is 0 Å². The third-order valence-electron chi connectivity index (χ3n) is 1.55. The molecular weight excluding hydrogens is 110 g/mol. The first-order valence-corrected chi connectivity index (χ1v) is 3.03. The van der Waals surface area contributed by atoms with Crippen molar-refractivity contribution in [2.24, 2.45) is 0 Å². The summed E-state index contributed by atoms with van der Waals surface area (Å²) in [7, 11) is 0. The van der Waals surface area contributed by atoms with Crippen LogP contribution in [-0.4, -0.2) is 0 Å². The predicted octanol–water partition coefficient (Wildman–Crippen LogP) is -3.71. The van der Waals surface area contributed by atoms with Gasteiger partial charge in [0.2, 0.25) is 0 Å². The fourth-order valence-corrected chi connectivity index (χ4v) is 0.952. The second kappa shape index (κ2) is 6.39. The Morgan fingerprint density at radius 3 is 1.30 bits per heavy atom. The summed E-state index contributed by atoms with van der Waals surface area (Å²) >= 11 is 0. The van der Waals surface area contributed by atoms with Gasteiger partial charge in [-0.05, 0) is 0 Å². The van der Waals surface area contributed by atoms with Crippen molar-refractivity contribution in [1.29, 1.82) is 0 Å². The van der Waals surface area contributed by atoms with Crippen molar-refractivity contribution in [3.05, 3.63) is 24.3 Å². The van der Waals surface area contributed by atoms with Crippen LogP contribution < -0.4 is 37.7 Å². The van der Waals surface area contributed by atoms with E-state index in [1.807, 2.05) is 0 Å². The summed E-state index contributed by atoms with van der Waals surface area (Å²) in [5.41, 5.74) is 1.83. The summed E-state index contributed by atoms with van der Waals surface area (Å²) in [4.78, 5) is 0. The second-order valence-corrected chi connectivity index (χ2v) is 2.26. The van der Waals surface area contributed by atoms with E-state index in [-0.39, 0.29) is 37.7 Å². The molecule has 0 radical (unpaired) electrons. The van der Waals surface area contributed by atoms with Crippen molar-refractivity contribution in [3.8, 4) is 0 Å². The van der Waals surface area contributed by atoms with Crippen molar-refractivity contribution < 1.29 is 37.7 Å². The van der Waals surface area contributed by atoms with Gasteiger partial charge in [0, 0.05) is 0 Å². The molecule has 0 saturated heterocycles. The standard InChI is InChI=1S/C8H10.2Li/c1-7-5-3-4-6-8(7)2;;/h1-2H,3-6H2;;/q-2;2*+1. The Morgan fingerprint density at radius 1 is 0.800 bits per heavy atom. The molecule has 0 aliphatic heterocycles. The van der Waals surface area contributed by atoms with E-state index in [1.165, 1.54) is 12.8 Å². The Hall–Kier alpha value is 0.675. The molecule has 0 aromatic rings. The Labute approximate surface area is 87.5 Å². The quantitative estimate of drug-likeness (QED) is 0.228. The molecule has 0 spiro atoms. The van der Waals surface area contributed by atoms with E-state index in [4.69, 9.17) is 13.2 Å². The SMILES string of the molecule is [CH-]=C1CCCCC1=[CH-].[Li+].[Li+]. The second-order valence-electron chi connectivity index (χ2n) is 2.26. The van der Waals surface area contributed by atoms with Crippen LogP contribution in [0.2, 0.25) is 0 Å². The molecule has 0 bridgehead atoms. The average Bonchev–Trinajstić information content (AvgIpc) is 1.77. The normalized spacial score (nSPS) is 17.2. The van der Waals surface area contributed by atoms with E-state index in [0.717, 1.165) is 24.0 Å². The molecule has 1 aliphatic carbocycles. The molecule has 1 aliphatic rings. The number of allylic oxidation sites excluding steroid dienone is 2. The predicted molar refractivity (Wildman–Crippen MR) is 34.1 cm³/mol. The van der Waals surface area contributed by atoms with Crippen molar-refractivity contribution in [1.82, 2.24) is 0 Å². The summed E-state index contributed by atoms with van der Waals surface area (Å²) < 4.78 is 0. The molecule has 0 amide bonds. The molecule has 1 rings (SSSR count). The van der Waals surface area contributed by atoms with Crippen molar-refractivity contribution in [2.75, 3.05) is 0 Å². The number of hydrogen-bond acceptors (Lipinski definition) is 0. The molecule has 0 atom stereocenters. The van der Waals surface area contributed by atoms with Crippen LogP contribution in [0.1, 0.15) is 25.7 Å². The van der Waals surface area contributed by atoms with E-state index < -0.39 is 0 Å². The number of rotatable bonds is 0. The van der Waals surface area contributed by atoms with Crippen LogP contribution in [0.15, 0.2) is 11.1 Å². The van der Waals surface area contributed by atoms with Gasteiger partial charge in [0.15, 0.2) is 0 Å². The first kappa shape index (κ1) is 13.3. The van der Waals surface area contributed by atoms with Crippen molar-refractivity contribution in [3.63, 3.8) is 0 Å². The maximum atomic E-state index is 5.53. The van der Waals surface area contributed by atoms with E-state index in [2.05, 4.69) is 0 Å². The van der Waals surface area contributed by atoms with Gasteiger partial charge in [0.25, 0.3) is 0 Å². The molecular formula is C8H10Li2. The summed E-state index contributed by atoms with van der Waals surface area (Å²) in [5, 5.41) is 0. The summed E-state index contributed by atoms with van der Waals surface area (Å²) in [6.45, 7) is 11.1. The van der Waals surface area contributed by atoms with Crippen LogP contribution in [0.4, 0.5) is 0 Å². The van der Waals surface area contributed by atoms with Crippen LogP contribution in [0.25, 0.3) is 0 Å². The number of hydrogen-bond donors (Lipinski definition) is 0. The van der Waals surface area contributed by atoms with Gasteiger partial charge in [-0.1, -0.05) is 12.8 Å². The largest absolute Gasteiger partial charge is 1.00 e. The zero-order valence-corrected chi connectivity index (χ0v) is 6.98. The fourth-order valence-electron chi connectivity index (χ4n) is 0.952. The van der Waals surface area contributed by atoms with Gasteiger partial charge in [-0.25, -0.2) is 0 Å². The van der Waals surface area contributed by atoms with E-state index in [0.29, 0.717) is 0 Å². The maximum Gasteiger partial charge on any atom is 1.00 e. The summed E-state index contributed by atoms with van der Waals surface area (Å²) in [6.07, 6.45) is 4.44. The zero-order valence-electron chi connectivity index (χ0n) is 6.98. The smallest absolute Gasteiger partial charge is 0.390 e. The van der Waals surface area contributed by atoms with Gasteiger partial charge >= 0.3 is 37.7 Å². The Balaban J connectivity index is 0. The topological polar surface area (TPSA) is 0 Å². The summed E-state index contributed by atoms with van der Waals surface area (Å²) in [6, 6.07) is 0. The monoisotopic (exact) mass is 120 g/mol. The minimum absolute atomic E-state index is 0. The molecule has 44 valence electrons. The Bertz CT molecular complexity index is 111. The third-order valence-corrected chi connectivity index (χ3v) is 1.55. The minimum Gasteiger partial charge on any atom is -0.390 e. The average molecular weight is 120 g/mol. The summed E-state index contributed by atoms with van der Waals surface area (Å²) in [5.74, 6) is 0. The Morgan fingerprint density at radius 2 is 1.10 bits per heavy atom. The molecule has 0 aromatic heterocycles. The van der Waals surface area contributed by atoms with Crippen LogP contribution in [0.5, 0.6) is 0 Å². The van der Waals surface area contributed by atoms with E-state index in [1.54, 1.807) is 0 Å². The van der Waals surface area contributed by atoms with Gasteiger partial charge in [-0.3, -0.25) is 0 Å². The van der Waals surface area contributed by atoms with Gasteiger partial charge in [-0.2, -0.15) is 0 Å². The zero-order chi connectivity index (χ0) is 5.98. The molecule has 10 heavy (non-hydrogen) atoms. The van der Waals surface area contributed by atoms with Gasteiger partial charge in [0.1, 0.15) is 0 Å². The molecule has 2 heteroatoms. The minimum atomic E-state index is 0. The van der Waals surface area contributed by atoms with Crippen LogP contribution in [0.3, 0.4) is 0 Å². The third kappa shape index (κ3) is 3.75. The molecule has 1 saturated carbocycles. The van der Waals surface area contributed by atoms with Gasteiger partial charge in [0.05, 0.1) is 0 Å². The Kier molecular flexibility index (Phi) is 8.48. The van der Waals surface area contributed by atoms with Crippen LogP contribution >= 0.6 is 0 Å². The van der Waals surface area contributed by atoms with Crippen molar-refractivity contribution in [2.45, 2.75) is 25.7 Å². The first-order valence-electron chi connectivity index (χ1n) is 3.03. The van der Waals surface area contributed by atoms with E-state index in [9.17, 15) is 0 Å². The van der Waals surface area contributed by atoms with Crippen molar-refractivity contribution >= 4 is 0 Å². The molecule has 0 unspecified atom stereocenters. The molecule has 0 N–H and O–H groups in total. The molecule has 0 heterocycles. The maximum absolute atomic E-state index is 5.53. The van der Waals surface area contributed by atoms with Crippen LogP contribution in [0, 0.1) is 13.2 Å².